The molecule has 0 aliphatic carbocycles. The van der Waals surface area contributed by atoms with Gasteiger partial charge in [-0.2, -0.15) is 0 Å². The smallest absolute Gasteiger partial charge is 0.350 e. The first kappa shape index (κ1) is 15.0. The molecule has 0 spiro atoms. The Morgan fingerprint density at radius 1 is 1.50 bits per heavy atom. The maximum Gasteiger partial charge on any atom is 0.350 e. The van der Waals surface area contributed by atoms with Gasteiger partial charge in [-0.05, 0) is 44.2 Å². The lowest BCUT2D eigenvalue weighted by Gasteiger charge is -2.32. The predicted molar refractivity (Wildman–Crippen MR) is 79.2 cm³/mol. The molecular formula is C14H20N2O3S. The molecule has 0 bridgehead atoms. The van der Waals surface area contributed by atoms with Crippen molar-refractivity contribution in [3.8, 4) is 0 Å². The van der Waals surface area contributed by atoms with Crippen LogP contribution in [0, 0.1) is 12.3 Å². The Morgan fingerprint density at radius 3 is 2.85 bits per heavy atom. The summed E-state index contributed by atoms with van der Waals surface area (Å²) in [4.78, 5) is 24.7. The highest BCUT2D eigenvalue weighted by atomic mass is 32.1. The molecule has 1 atom stereocenters. The number of amides is 1. The molecule has 1 fully saturated rings. The number of methoxy groups -OCH3 is 1. The zero-order chi connectivity index (χ0) is 14.8. The van der Waals surface area contributed by atoms with Crippen LogP contribution >= 0.6 is 11.3 Å². The molecule has 1 amide bonds. The van der Waals surface area contributed by atoms with E-state index in [9.17, 15) is 9.59 Å². The summed E-state index contributed by atoms with van der Waals surface area (Å²) in [7, 11) is 1.34. The molecule has 1 aliphatic heterocycles. The molecule has 1 aliphatic rings. The van der Waals surface area contributed by atoms with Gasteiger partial charge in [-0.3, -0.25) is 4.79 Å². The van der Waals surface area contributed by atoms with E-state index in [2.05, 4.69) is 10.6 Å². The van der Waals surface area contributed by atoms with Crippen LogP contribution in [0.15, 0.2) is 5.38 Å². The molecule has 2 heterocycles. The first-order valence-corrected chi connectivity index (χ1v) is 7.54. The third kappa shape index (κ3) is 2.86. The number of hydrogen-bond acceptors (Lipinski definition) is 5. The van der Waals surface area contributed by atoms with E-state index in [1.807, 2.05) is 19.2 Å². The summed E-state index contributed by atoms with van der Waals surface area (Å²) in [5.74, 6) is -0.457. The summed E-state index contributed by atoms with van der Waals surface area (Å²) < 4.78 is 4.75. The van der Waals surface area contributed by atoms with Crippen LogP contribution in [-0.2, 0) is 9.53 Å². The van der Waals surface area contributed by atoms with Gasteiger partial charge in [0, 0.05) is 6.54 Å². The molecule has 1 aromatic rings. The number of aryl methyl sites for hydroxylation is 1. The van der Waals surface area contributed by atoms with Crippen molar-refractivity contribution in [3.63, 3.8) is 0 Å². The standard InChI is InChI=1S/C14H20N2O3S/c1-9-7-20-11(12(17)19-3)10(9)16-13(18)14(2)5-4-6-15-8-14/h7,15H,4-6,8H2,1-3H3,(H,16,18). The van der Waals surface area contributed by atoms with E-state index in [1.165, 1.54) is 18.4 Å². The molecule has 6 heteroatoms. The number of rotatable bonds is 3. The topological polar surface area (TPSA) is 67.4 Å². The van der Waals surface area contributed by atoms with Crippen LogP contribution in [-0.4, -0.2) is 32.1 Å². The molecule has 1 unspecified atom stereocenters. The van der Waals surface area contributed by atoms with Crippen LogP contribution in [0.2, 0.25) is 0 Å². The van der Waals surface area contributed by atoms with Gasteiger partial charge >= 0.3 is 5.97 Å². The van der Waals surface area contributed by atoms with E-state index in [-0.39, 0.29) is 5.91 Å². The van der Waals surface area contributed by atoms with Crippen molar-refractivity contribution in [1.82, 2.24) is 5.32 Å². The minimum Gasteiger partial charge on any atom is -0.465 e. The largest absolute Gasteiger partial charge is 0.465 e. The maximum absolute atomic E-state index is 12.5. The van der Waals surface area contributed by atoms with Gasteiger partial charge in [0.2, 0.25) is 5.91 Å². The average molecular weight is 296 g/mol. The molecule has 0 aromatic carbocycles. The quantitative estimate of drug-likeness (QED) is 0.839. The molecular weight excluding hydrogens is 276 g/mol. The summed E-state index contributed by atoms with van der Waals surface area (Å²) in [6, 6.07) is 0. The minimum absolute atomic E-state index is 0.0450. The number of carbonyl (C=O) groups is 2. The molecule has 110 valence electrons. The normalized spacial score (nSPS) is 22.4. The van der Waals surface area contributed by atoms with Crippen LogP contribution in [0.5, 0.6) is 0 Å². The summed E-state index contributed by atoms with van der Waals surface area (Å²) >= 11 is 1.29. The Labute approximate surface area is 122 Å². The first-order chi connectivity index (χ1) is 9.48. The van der Waals surface area contributed by atoms with Gasteiger partial charge in [0.15, 0.2) is 0 Å². The molecule has 0 saturated carbocycles. The second-order valence-corrected chi connectivity index (χ2v) is 6.29. The van der Waals surface area contributed by atoms with Crippen molar-refractivity contribution in [1.29, 1.82) is 0 Å². The SMILES string of the molecule is COC(=O)c1scc(C)c1NC(=O)C1(C)CCCNC1. The lowest BCUT2D eigenvalue weighted by atomic mass is 9.82. The minimum atomic E-state index is -0.431. The summed E-state index contributed by atoms with van der Waals surface area (Å²) in [5.41, 5.74) is 1.04. The van der Waals surface area contributed by atoms with Crippen molar-refractivity contribution in [2.45, 2.75) is 26.7 Å². The van der Waals surface area contributed by atoms with Gasteiger partial charge in [-0.1, -0.05) is 0 Å². The maximum atomic E-state index is 12.5. The molecule has 2 rings (SSSR count). The van der Waals surface area contributed by atoms with E-state index >= 15 is 0 Å². The second kappa shape index (κ2) is 5.93. The molecule has 1 saturated heterocycles. The number of anilines is 1. The van der Waals surface area contributed by atoms with Crippen LogP contribution in [0.25, 0.3) is 0 Å². The molecule has 20 heavy (non-hydrogen) atoms. The van der Waals surface area contributed by atoms with Gasteiger partial charge in [-0.25, -0.2) is 4.79 Å². The third-order valence-electron chi connectivity index (χ3n) is 3.73. The van der Waals surface area contributed by atoms with Crippen LogP contribution in [0.3, 0.4) is 0 Å². The summed E-state index contributed by atoms with van der Waals surface area (Å²) in [6.45, 7) is 5.44. The van der Waals surface area contributed by atoms with Crippen LogP contribution < -0.4 is 10.6 Å². The zero-order valence-electron chi connectivity index (χ0n) is 12.0. The molecule has 5 nitrogen and oxygen atoms in total. The van der Waals surface area contributed by atoms with Gasteiger partial charge in [0.25, 0.3) is 0 Å². The highest BCUT2D eigenvalue weighted by molar-refractivity contribution is 7.12. The van der Waals surface area contributed by atoms with E-state index in [0.29, 0.717) is 17.1 Å². The third-order valence-corrected chi connectivity index (χ3v) is 4.81. The summed E-state index contributed by atoms with van der Waals surface area (Å²) in [5, 5.41) is 8.01. The Balaban J connectivity index is 2.19. The first-order valence-electron chi connectivity index (χ1n) is 6.66. The van der Waals surface area contributed by atoms with Crippen LogP contribution in [0.4, 0.5) is 5.69 Å². The lowest BCUT2D eigenvalue weighted by Crippen LogP contribution is -2.46. The number of thiophene rings is 1. The lowest BCUT2D eigenvalue weighted by molar-refractivity contribution is -0.125. The fourth-order valence-corrected chi connectivity index (χ4v) is 3.28. The van der Waals surface area contributed by atoms with Crippen molar-refractivity contribution >= 4 is 28.9 Å². The van der Waals surface area contributed by atoms with Crippen LogP contribution in [0.1, 0.15) is 35.0 Å². The summed E-state index contributed by atoms with van der Waals surface area (Å²) in [6.07, 6.45) is 1.83. The van der Waals surface area contributed by atoms with Gasteiger partial charge in [0.05, 0.1) is 18.2 Å². The van der Waals surface area contributed by atoms with E-state index in [0.717, 1.165) is 24.9 Å². The fraction of sp³-hybridized carbons (Fsp3) is 0.571. The number of carbonyl (C=O) groups excluding carboxylic acids is 2. The monoisotopic (exact) mass is 296 g/mol. The number of esters is 1. The van der Waals surface area contributed by atoms with Crippen molar-refractivity contribution in [2.75, 3.05) is 25.5 Å². The van der Waals surface area contributed by atoms with E-state index in [1.54, 1.807) is 0 Å². The van der Waals surface area contributed by atoms with Gasteiger partial charge in [-0.15, -0.1) is 11.3 Å². The number of nitrogens with one attached hydrogen (secondary N) is 2. The van der Waals surface area contributed by atoms with Crippen molar-refractivity contribution < 1.29 is 14.3 Å². The Hall–Kier alpha value is -1.40. The number of ether oxygens (including phenoxy) is 1. The molecule has 2 N–H and O–H groups in total. The second-order valence-electron chi connectivity index (χ2n) is 5.41. The zero-order valence-corrected chi connectivity index (χ0v) is 12.9. The molecule has 0 radical (unpaired) electrons. The fourth-order valence-electron chi connectivity index (χ4n) is 2.36. The van der Waals surface area contributed by atoms with Gasteiger partial charge < -0.3 is 15.4 Å². The van der Waals surface area contributed by atoms with Gasteiger partial charge in [0.1, 0.15) is 4.88 Å². The van der Waals surface area contributed by atoms with Crippen molar-refractivity contribution in [2.24, 2.45) is 5.41 Å². The average Bonchev–Trinajstić information content (AvgIpc) is 2.80. The highest BCUT2D eigenvalue weighted by Crippen LogP contribution is 2.32. The Morgan fingerprint density at radius 2 is 2.25 bits per heavy atom. The van der Waals surface area contributed by atoms with E-state index in [4.69, 9.17) is 4.74 Å². The predicted octanol–water partition coefficient (Wildman–Crippen LogP) is 2.17. The molecule has 1 aromatic heterocycles. The van der Waals surface area contributed by atoms with E-state index < -0.39 is 11.4 Å². The number of piperidine rings is 1. The van der Waals surface area contributed by atoms with Crippen molar-refractivity contribution in [3.05, 3.63) is 15.8 Å². The highest BCUT2D eigenvalue weighted by Gasteiger charge is 2.35. The Kier molecular flexibility index (Phi) is 4.45. The number of hydrogen-bond donors (Lipinski definition) is 2. The Bertz CT molecular complexity index is 518.